The Kier molecular flexibility index (Phi) is 3.28. The van der Waals surface area contributed by atoms with E-state index in [1.165, 1.54) is 18.3 Å². The lowest BCUT2D eigenvalue weighted by atomic mass is 10.2. The number of nitrogens with two attached hydrogens (primary N) is 2. The van der Waals surface area contributed by atoms with Gasteiger partial charge >= 0.3 is 0 Å². The average molecular weight is 265 g/mol. The maximum Gasteiger partial charge on any atom is 0.254 e. The van der Waals surface area contributed by atoms with Gasteiger partial charge in [0.05, 0.1) is 5.69 Å². The molecule has 19 heavy (non-hydrogen) atoms. The third-order valence-electron chi connectivity index (χ3n) is 2.29. The van der Waals surface area contributed by atoms with Gasteiger partial charge in [-0.2, -0.15) is 0 Å². The highest BCUT2D eigenvalue weighted by molar-refractivity contribution is 5.95. The van der Waals surface area contributed by atoms with Crippen LogP contribution in [0.2, 0.25) is 0 Å². The van der Waals surface area contributed by atoms with Gasteiger partial charge in [-0.05, 0) is 12.1 Å². The molecule has 1 amide bonds. The van der Waals surface area contributed by atoms with E-state index in [4.69, 9.17) is 16.2 Å². The van der Waals surface area contributed by atoms with Gasteiger partial charge in [0.25, 0.3) is 5.91 Å². The summed E-state index contributed by atoms with van der Waals surface area (Å²) in [7, 11) is 0. The number of carbonyl (C=O) groups excluding carboxylic acids is 1. The Labute approximate surface area is 106 Å². The predicted molar refractivity (Wildman–Crippen MR) is 63.6 cm³/mol. The lowest BCUT2D eigenvalue weighted by Crippen LogP contribution is -2.13. The molecule has 1 aromatic heterocycles. The molecule has 0 bridgehead atoms. The van der Waals surface area contributed by atoms with Gasteiger partial charge in [0.2, 0.25) is 5.88 Å². The van der Waals surface area contributed by atoms with Crippen LogP contribution in [0.3, 0.4) is 0 Å². The number of nitrogens with zero attached hydrogens (tertiary/aromatic N) is 1. The van der Waals surface area contributed by atoms with E-state index in [1.807, 2.05) is 0 Å². The van der Waals surface area contributed by atoms with Crippen molar-refractivity contribution in [2.75, 3.05) is 5.73 Å². The molecular formula is C12H9F2N3O2. The molecule has 0 atom stereocenters. The Morgan fingerprint density at radius 2 is 2.00 bits per heavy atom. The van der Waals surface area contributed by atoms with Gasteiger partial charge in [0.15, 0.2) is 11.6 Å². The van der Waals surface area contributed by atoms with Gasteiger partial charge in [0, 0.05) is 18.3 Å². The van der Waals surface area contributed by atoms with Gasteiger partial charge in [-0.25, -0.2) is 13.8 Å². The Balaban J connectivity index is 2.42. The quantitative estimate of drug-likeness (QED) is 0.828. The Morgan fingerprint density at radius 1 is 1.26 bits per heavy atom. The molecule has 0 unspecified atom stereocenters. The summed E-state index contributed by atoms with van der Waals surface area (Å²) in [6.07, 6.45) is 1.33. The highest BCUT2D eigenvalue weighted by Crippen LogP contribution is 2.28. The van der Waals surface area contributed by atoms with Crippen LogP contribution in [0.5, 0.6) is 11.6 Å². The first-order valence-corrected chi connectivity index (χ1v) is 5.16. The molecular weight excluding hydrogens is 256 g/mol. The van der Waals surface area contributed by atoms with Crippen molar-refractivity contribution >= 4 is 11.6 Å². The molecule has 2 rings (SSSR count). The van der Waals surface area contributed by atoms with Crippen LogP contribution < -0.4 is 16.2 Å². The smallest absolute Gasteiger partial charge is 0.254 e. The van der Waals surface area contributed by atoms with Crippen LogP contribution in [0.4, 0.5) is 14.5 Å². The van der Waals surface area contributed by atoms with Crippen molar-refractivity contribution in [2.45, 2.75) is 0 Å². The van der Waals surface area contributed by atoms with Crippen LogP contribution in [-0.2, 0) is 0 Å². The fourth-order valence-corrected chi connectivity index (χ4v) is 1.39. The van der Waals surface area contributed by atoms with Crippen LogP contribution in [0.25, 0.3) is 0 Å². The third-order valence-corrected chi connectivity index (χ3v) is 2.29. The fraction of sp³-hybridized carbons (Fsp3) is 0. The number of primary amides is 1. The Morgan fingerprint density at radius 3 is 2.68 bits per heavy atom. The van der Waals surface area contributed by atoms with E-state index in [0.717, 1.165) is 12.1 Å². The molecule has 1 heterocycles. The van der Waals surface area contributed by atoms with Crippen LogP contribution in [0.1, 0.15) is 10.4 Å². The molecule has 0 aliphatic rings. The molecule has 0 fully saturated rings. The van der Waals surface area contributed by atoms with Gasteiger partial charge in [0.1, 0.15) is 11.4 Å². The normalized spacial score (nSPS) is 10.2. The number of amides is 1. The predicted octanol–water partition coefficient (Wildman–Crippen LogP) is 1.83. The van der Waals surface area contributed by atoms with Crippen molar-refractivity contribution in [3.05, 3.63) is 47.7 Å². The van der Waals surface area contributed by atoms with Crippen LogP contribution in [0, 0.1) is 11.6 Å². The van der Waals surface area contributed by atoms with Gasteiger partial charge in [-0.3, -0.25) is 4.79 Å². The molecule has 0 spiro atoms. The second-order valence-electron chi connectivity index (χ2n) is 3.63. The van der Waals surface area contributed by atoms with Crippen molar-refractivity contribution in [1.29, 1.82) is 0 Å². The average Bonchev–Trinajstić information content (AvgIpc) is 2.36. The number of nitrogen functional groups attached to an aromatic ring is 1. The molecule has 0 radical (unpaired) electrons. The summed E-state index contributed by atoms with van der Waals surface area (Å²) in [6.45, 7) is 0. The minimum atomic E-state index is -0.875. The summed E-state index contributed by atoms with van der Waals surface area (Å²) in [5, 5.41) is 0. The number of carbonyl (C=O) groups is 1. The zero-order chi connectivity index (χ0) is 14.0. The van der Waals surface area contributed by atoms with Crippen molar-refractivity contribution in [2.24, 2.45) is 5.73 Å². The van der Waals surface area contributed by atoms with E-state index >= 15 is 0 Å². The maximum absolute atomic E-state index is 13.5. The number of hydrogen-bond acceptors (Lipinski definition) is 4. The van der Waals surface area contributed by atoms with Crippen molar-refractivity contribution in [3.63, 3.8) is 0 Å². The minimum Gasteiger partial charge on any atom is -0.435 e. The van der Waals surface area contributed by atoms with Gasteiger partial charge < -0.3 is 16.2 Å². The second-order valence-corrected chi connectivity index (χ2v) is 3.63. The molecule has 98 valence electrons. The maximum atomic E-state index is 13.5. The van der Waals surface area contributed by atoms with E-state index in [-0.39, 0.29) is 17.1 Å². The van der Waals surface area contributed by atoms with E-state index in [2.05, 4.69) is 4.98 Å². The summed E-state index contributed by atoms with van der Waals surface area (Å²) in [5.41, 5.74) is 9.93. The molecule has 0 aliphatic heterocycles. The standard InChI is InChI=1S/C12H9F2N3O2/c13-7-5-10(8(14)4-9(7)15)19-12-6(11(16)18)2-1-3-17-12/h1-5H,15H2,(H2,16,18). The Hall–Kier alpha value is -2.70. The summed E-state index contributed by atoms with van der Waals surface area (Å²) in [6, 6.07) is 4.37. The molecule has 4 N–H and O–H groups in total. The monoisotopic (exact) mass is 265 g/mol. The first kappa shape index (κ1) is 12.7. The fourth-order valence-electron chi connectivity index (χ4n) is 1.39. The van der Waals surface area contributed by atoms with E-state index in [1.54, 1.807) is 0 Å². The lowest BCUT2D eigenvalue weighted by Gasteiger charge is -2.09. The van der Waals surface area contributed by atoms with Gasteiger partial charge in [-0.15, -0.1) is 0 Å². The molecule has 5 nitrogen and oxygen atoms in total. The summed E-state index contributed by atoms with van der Waals surface area (Å²) in [4.78, 5) is 14.9. The minimum absolute atomic E-state index is 0.0425. The lowest BCUT2D eigenvalue weighted by molar-refractivity contribution is 0.0997. The second kappa shape index (κ2) is 4.89. The summed E-state index contributed by atoms with van der Waals surface area (Å²) in [5.74, 6) is -3.15. The molecule has 0 saturated carbocycles. The number of ether oxygens (including phenoxy) is 1. The Bertz CT molecular complexity index is 647. The zero-order valence-electron chi connectivity index (χ0n) is 9.56. The third kappa shape index (κ3) is 2.59. The topological polar surface area (TPSA) is 91.2 Å². The van der Waals surface area contributed by atoms with Crippen LogP contribution in [-0.4, -0.2) is 10.9 Å². The van der Waals surface area contributed by atoms with Crippen LogP contribution >= 0.6 is 0 Å². The number of anilines is 1. The first-order chi connectivity index (χ1) is 8.99. The first-order valence-electron chi connectivity index (χ1n) is 5.16. The molecule has 7 heteroatoms. The number of rotatable bonds is 3. The number of hydrogen-bond donors (Lipinski definition) is 2. The number of aromatic nitrogens is 1. The highest BCUT2D eigenvalue weighted by atomic mass is 19.1. The zero-order valence-corrected chi connectivity index (χ0v) is 9.56. The summed E-state index contributed by atoms with van der Waals surface area (Å²) < 4.78 is 31.8. The number of benzene rings is 1. The SMILES string of the molecule is NC(=O)c1cccnc1Oc1cc(F)c(N)cc1F. The van der Waals surface area contributed by atoms with Gasteiger partial charge in [-0.1, -0.05) is 0 Å². The number of pyridine rings is 1. The van der Waals surface area contributed by atoms with E-state index in [0.29, 0.717) is 0 Å². The van der Waals surface area contributed by atoms with E-state index < -0.39 is 23.3 Å². The highest BCUT2D eigenvalue weighted by Gasteiger charge is 2.15. The molecule has 0 saturated heterocycles. The van der Waals surface area contributed by atoms with Crippen molar-refractivity contribution < 1.29 is 18.3 Å². The molecule has 0 aliphatic carbocycles. The van der Waals surface area contributed by atoms with Crippen molar-refractivity contribution in [3.8, 4) is 11.6 Å². The van der Waals surface area contributed by atoms with Crippen molar-refractivity contribution in [1.82, 2.24) is 4.98 Å². The number of halogens is 2. The molecule has 2 aromatic rings. The largest absolute Gasteiger partial charge is 0.435 e. The summed E-state index contributed by atoms with van der Waals surface area (Å²) >= 11 is 0. The molecule has 1 aromatic carbocycles. The van der Waals surface area contributed by atoms with Crippen LogP contribution in [0.15, 0.2) is 30.5 Å². The van der Waals surface area contributed by atoms with E-state index in [9.17, 15) is 13.6 Å².